The van der Waals surface area contributed by atoms with Crippen LogP contribution in [-0.4, -0.2) is 13.0 Å². The molecule has 0 bridgehead atoms. The number of benzene rings is 2. The number of rotatable bonds is 10. The molecule has 5 nitrogen and oxygen atoms in total. The standard InChI is InChI=1S/C20H26O5S.Na/c1-2-3-4-5-6-7-9-16-10-8-11-19(21)20(16)25-17-12-14-18(15-13-17)26(22,23)24;/h8,10-15,21H,2-7,9H2,1H3,(H,22,23,24);/q;+1/p-1. The Labute approximate surface area is 183 Å². The van der Waals surface area contributed by atoms with Crippen LogP contribution in [0.4, 0.5) is 0 Å². The van der Waals surface area contributed by atoms with E-state index < -0.39 is 10.1 Å². The van der Waals surface area contributed by atoms with Gasteiger partial charge in [0.2, 0.25) is 0 Å². The maximum Gasteiger partial charge on any atom is 1.00 e. The predicted molar refractivity (Wildman–Crippen MR) is 99.3 cm³/mol. The Balaban J connectivity index is 0.00000364. The maximum absolute atomic E-state index is 12.2. The minimum atomic E-state index is -4.25. The van der Waals surface area contributed by atoms with E-state index in [-0.39, 0.29) is 46.0 Å². The molecule has 27 heavy (non-hydrogen) atoms. The topological polar surface area (TPSA) is 86.7 Å². The molecule has 0 amide bonds. The zero-order chi connectivity index (χ0) is 19.0. The molecule has 2 rings (SSSR count). The van der Waals surface area contributed by atoms with Crippen molar-refractivity contribution in [3.63, 3.8) is 0 Å². The van der Waals surface area contributed by atoms with E-state index in [2.05, 4.69) is 6.92 Å². The molecule has 2 aromatic rings. The van der Waals surface area contributed by atoms with Crippen LogP contribution < -0.4 is 39.4 Å². The minimum absolute atomic E-state index is 0. The van der Waals surface area contributed by atoms with E-state index in [4.69, 9.17) is 9.29 Å². The molecular formula is C20H25NaO5S. The summed E-state index contributed by atoms with van der Waals surface area (Å²) in [5.74, 6) is 0.429. The Morgan fingerprint density at radius 3 is 2.22 bits per heavy atom. The SMILES string of the molecule is CCCCCCCCc1cccc([O-])c1Oc1ccc(S(=O)(=O)O)cc1.[Na+]. The van der Waals surface area contributed by atoms with Gasteiger partial charge in [-0.3, -0.25) is 4.55 Å². The van der Waals surface area contributed by atoms with Gasteiger partial charge in [0.05, 0.1) is 4.90 Å². The summed E-state index contributed by atoms with van der Waals surface area (Å²) in [6.07, 6.45) is 7.77. The van der Waals surface area contributed by atoms with Crippen molar-refractivity contribution in [3.8, 4) is 17.2 Å². The van der Waals surface area contributed by atoms with Gasteiger partial charge in [-0.05, 0) is 42.7 Å². The van der Waals surface area contributed by atoms with Crippen LogP contribution in [0.3, 0.4) is 0 Å². The third kappa shape index (κ3) is 7.84. The summed E-state index contributed by atoms with van der Waals surface area (Å²) >= 11 is 0. The first-order valence-electron chi connectivity index (χ1n) is 8.96. The molecule has 0 heterocycles. The maximum atomic E-state index is 12.2. The zero-order valence-electron chi connectivity index (χ0n) is 16.0. The van der Waals surface area contributed by atoms with E-state index in [1.165, 1.54) is 56.0 Å². The summed E-state index contributed by atoms with van der Waals surface area (Å²) in [7, 11) is -4.25. The van der Waals surface area contributed by atoms with E-state index in [0.717, 1.165) is 24.8 Å². The molecule has 7 heteroatoms. The molecule has 0 aliphatic rings. The smallest absolute Gasteiger partial charge is 0.870 e. The van der Waals surface area contributed by atoms with Crippen molar-refractivity contribution in [1.29, 1.82) is 0 Å². The van der Waals surface area contributed by atoms with E-state index in [1.54, 1.807) is 6.07 Å². The van der Waals surface area contributed by atoms with Crippen LogP contribution in [0.2, 0.25) is 0 Å². The average molecular weight is 400 g/mol. The Bertz CT molecular complexity index is 804. The van der Waals surface area contributed by atoms with E-state index in [0.29, 0.717) is 5.75 Å². The number of unbranched alkanes of at least 4 members (excludes halogenated alkanes) is 5. The Kier molecular flexibility index (Phi) is 10.4. The van der Waals surface area contributed by atoms with Crippen molar-refractivity contribution >= 4 is 10.1 Å². The molecule has 0 fully saturated rings. The molecule has 1 N–H and O–H groups in total. The van der Waals surface area contributed by atoms with Gasteiger partial charge in [0.1, 0.15) is 11.5 Å². The third-order valence-corrected chi connectivity index (χ3v) is 5.07. The van der Waals surface area contributed by atoms with Crippen LogP contribution in [0.25, 0.3) is 0 Å². The molecule has 0 radical (unpaired) electrons. The monoisotopic (exact) mass is 400 g/mol. The van der Waals surface area contributed by atoms with Crippen LogP contribution in [0.1, 0.15) is 51.0 Å². The van der Waals surface area contributed by atoms with Gasteiger partial charge in [0, 0.05) is 0 Å². The first-order chi connectivity index (χ1) is 12.4. The van der Waals surface area contributed by atoms with Crippen molar-refractivity contribution in [3.05, 3.63) is 48.0 Å². The van der Waals surface area contributed by atoms with E-state index in [1.807, 2.05) is 6.07 Å². The second-order valence-electron chi connectivity index (χ2n) is 6.31. The van der Waals surface area contributed by atoms with Crippen molar-refractivity contribution in [2.45, 2.75) is 56.8 Å². The van der Waals surface area contributed by atoms with Crippen molar-refractivity contribution in [1.82, 2.24) is 0 Å². The molecule has 0 saturated heterocycles. The molecule has 0 aromatic heterocycles. The zero-order valence-corrected chi connectivity index (χ0v) is 18.8. The molecule has 2 aromatic carbocycles. The average Bonchev–Trinajstić information content (AvgIpc) is 2.60. The summed E-state index contributed by atoms with van der Waals surface area (Å²) in [6.45, 7) is 2.19. The number of ether oxygens (including phenoxy) is 1. The van der Waals surface area contributed by atoms with Gasteiger partial charge in [-0.2, -0.15) is 8.42 Å². The van der Waals surface area contributed by atoms with Gasteiger partial charge < -0.3 is 9.84 Å². The van der Waals surface area contributed by atoms with Gasteiger partial charge >= 0.3 is 29.6 Å². The van der Waals surface area contributed by atoms with Crippen molar-refractivity contribution < 1.29 is 52.4 Å². The molecule has 0 unspecified atom stereocenters. The fraction of sp³-hybridized carbons (Fsp3) is 0.400. The first kappa shape index (κ1) is 24.0. The molecule has 0 spiro atoms. The molecule has 0 aliphatic carbocycles. The fourth-order valence-electron chi connectivity index (χ4n) is 2.77. The number of para-hydroxylation sites is 1. The summed E-state index contributed by atoms with van der Waals surface area (Å²) in [5, 5.41) is 12.2. The van der Waals surface area contributed by atoms with Crippen LogP contribution >= 0.6 is 0 Å². The molecule has 0 atom stereocenters. The normalized spacial score (nSPS) is 11.0. The Morgan fingerprint density at radius 2 is 1.59 bits per heavy atom. The summed E-state index contributed by atoms with van der Waals surface area (Å²) < 4.78 is 36.9. The van der Waals surface area contributed by atoms with E-state index >= 15 is 0 Å². The Morgan fingerprint density at radius 1 is 0.963 bits per heavy atom. The number of hydrogen-bond acceptors (Lipinski definition) is 4. The van der Waals surface area contributed by atoms with Crippen molar-refractivity contribution in [2.75, 3.05) is 0 Å². The van der Waals surface area contributed by atoms with Crippen molar-refractivity contribution in [2.24, 2.45) is 0 Å². The quantitative estimate of drug-likeness (QED) is 0.373. The van der Waals surface area contributed by atoms with Crippen LogP contribution in [0, 0.1) is 0 Å². The second kappa shape index (κ2) is 11.7. The largest absolute Gasteiger partial charge is 1.00 e. The van der Waals surface area contributed by atoms with Gasteiger partial charge in [-0.15, -0.1) is 0 Å². The first-order valence-corrected chi connectivity index (χ1v) is 10.4. The predicted octanol–water partition coefficient (Wildman–Crippen LogP) is 1.71. The third-order valence-electron chi connectivity index (χ3n) is 4.20. The second-order valence-corrected chi connectivity index (χ2v) is 7.73. The van der Waals surface area contributed by atoms with Gasteiger partial charge in [-0.1, -0.05) is 63.0 Å². The van der Waals surface area contributed by atoms with Crippen LogP contribution in [-0.2, 0) is 16.5 Å². The summed E-state index contributed by atoms with van der Waals surface area (Å²) in [6, 6.07) is 10.4. The van der Waals surface area contributed by atoms with Gasteiger partial charge in [0.15, 0.2) is 0 Å². The molecule has 0 saturated carbocycles. The fourth-order valence-corrected chi connectivity index (χ4v) is 3.25. The minimum Gasteiger partial charge on any atom is -0.870 e. The van der Waals surface area contributed by atoms with E-state index in [9.17, 15) is 13.5 Å². The van der Waals surface area contributed by atoms with Gasteiger partial charge in [-0.25, -0.2) is 0 Å². The van der Waals surface area contributed by atoms with Crippen LogP contribution in [0.15, 0.2) is 47.4 Å². The van der Waals surface area contributed by atoms with Crippen LogP contribution in [0.5, 0.6) is 17.2 Å². The summed E-state index contributed by atoms with van der Waals surface area (Å²) in [5.41, 5.74) is 0.854. The summed E-state index contributed by atoms with van der Waals surface area (Å²) in [4.78, 5) is -0.215. The number of hydrogen-bond donors (Lipinski definition) is 1. The molecule has 142 valence electrons. The molecular weight excluding hydrogens is 375 g/mol. The number of aryl methyl sites for hydroxylation is 1. The van der Waals surface area contributed by atoms with Gasteiger partial charge in [0.25, 0.3) is 10.1 Å². The Hall–Kier alpha value is -1.05. The molecule has 0 aliphatic heterocycles.